The molecule has 78 valence electrons. The van der Waals surface area contributed by atoms with Crippen LogP contribution in [0.4, 0.5) is 4.79 Å². The highest BCUT2D eigenvalue weighted by Crippen LogP contribution is 2.33. The predicted molar refractivity (Wildman–Crippen MR) is 58.5 cm³/mol. The van der Waals surface area contributed by atoms with Crippen LogP contribution in [-0.2, 0) is 15.1 Å². The molecule has 0 bridgehead atoms. The summed E-state index contributed by atoms with van der Waals surface area (Å²) >= 11 is 3.36. The average molecular weight is 269 g/mol. The number of hydrogen-bond acceptors (Lipinski definition) is 3. The van der Waals surface area contributed by atoms with Crippen molar-refractivity contribution in [3.05, 3.63) is 47.0 Å². The lowest BCUT2D eigenvalue weighted by atomic mass is 9.95. The Hall–Kier alpha value is -1.29. The molecule has 1 atom stereocenters. The second kappa shape index (κ2) is 3.70. The summed E-state index contributed by atoms with van der Waals surface area (Å²) < 4.78 is 10.9. The third kappa shape index (κ3) is 1.77. The smallest absolute Gasteiger partial charge is 0.429 e. The maximum absolute atomic E-state index is 11.0. The van der Waals surface area contributed by atoms with Crippen molar-refractivity contribution >= 4 is 22.1 Å². The molecule has 0 aromatic heterocycles. The lowest BCUT2D eigenvalue weighted by Crippen LogP contribution is -2.25. The Kier molecular flexibility index (Phi) is 2.52. The van der Waals surface area contributed by atoms with Crippen molar-refractivity contribution in [1.29, 1.82) is 0 Å². The largest absolute Gasteiger partial charge is 0.509 e. The standard InChI is InChI=1S/C11H9BrO3/c1-2-11(7-14-10(13)15-11)8-4-3-5-9(12)6-8/h2-6H,1,7H2/t11-/m0/s1. The Labute approximate surface area is 95.8 Å². The second-order valence-corrected chi connectivity index (χ2v) is 4.16. The summed E-state index contributed by atoms with van der Waals surface area (Å²) in [6.07, 6.45) is 0.925. The van der Waals surface area contributed by atoms with Crippen LogP contribution in [-0.4, -0.2) is 12.8 Å². The lowest BCUT2D eigenvalue weighted by molar-refractivity contribution is 0.0887. The Bertz CT molecular complexity index is 416. The van der Waals surface area contributed by atoms with Crippen LogP contribution in [0.25, 0.3) is 0 Å². The first-order valence-corrected chi connectivity index (χ1v) is 5.21. The van der Waals surface area contributed by atoms with Gasteiger partial charge in [-0.25, -0.2) is 4.79 Å². The molecule has 3 nitrogen and oxygen atoms in total. The van der Waals surface area contributed by atoms with E-state index in [0.717, 1.165) is 10.0 Å². The number of carbonyl (C=O) groups excluding carboxylic acids is 1. The van der Waals surface area contributed by atoms with Gasteiger partial charge in [0, 0.05) is 10.0 Å². The molecular formula is C11H9BrO3. The predicted octanol–water partition coefficient (Wildman–Crippen LogP) is 3.00. The summed E-state index contributed by atoms with van der Waals surface area (Å²) in [7, 11) is 0. The van der Waals surface area contributed by atoms with Gasteiger partial charge in [-0.05, 0) is 18.2 Å². The summed E-state index contributed by atoms with van der Waals surface area (Å²) in [5.74, 6) is 0. The van der Waals surface area contributed by atoms with Crippen molar-refractivity contribution in [1.82, 2.24) is 0 Å². The van der Waals surface area contributed by atoms with Gasteiger partial charge in [0.05, 0.1) is 0 Å². The number of rotatable bonds is 2. The van der Waals surface area contributed by atoms with Crippen LogP contribution in [0.2, 0.25) is 0 Å². The third-order valence-electron chi connectivity index (χ3n) is 2.31. The van der Waals surface area contributed by atoms with E-state index in [2.05, 4.69) is 22.5 Å². The molecule has 0 saturated carbocycles. The van der Waals surface area contributed by atoms with E-state index < -0.39 is 11.8 Å². The Morgan fingerprint density at radius 2 is 2.33 bits per heavy atom. The van der Waals surface area contributed by atoms with Gasteiger partial charge in [0.25, 0.3) is 0 Å². The van der Waals surface area contributed by atoms with Crippen molar-refractivity contribution < 1.29 is 14.3 Å². The zero-order valence-electron chi connectivity index (χ0n) is 7.90. The first-order valence-electron chi connectivity index (χ1n) is 4.42. The Balaban J connectivity index is 2.43. The highest BCUT2D eigenvalue weighted by atomic mass is 79.9. The zero-order chi connectivity index (χ0) is 10.9. The van der Waals surface area contributed by atoms with Gasteiger partial charge in [-0.2, -0.15) is 0 Å². The summed E-state index contributed by atoms with van der Waals surface area (Å²) in [5, 5.41) is 0. The van der Waals surface area contributed by atoms with E-state index in [1.165, 1.54) is 0 Å². The van der Waals surface area contributed by atoms with Crippen LogP contribution >= 0.6 is 15.9 Å². The second-order valence-electron chi connectivity index (χ2n) is 3.24. The molecule has 0 N–H and O–H groups in total. The topological polar surface area (TPSA) is 35.5 Å². The lowest BCUT2D eigenvalue weighted by Gasteiger charge is -2.21. The molecule has 1 aromatic carbocycles. The van der Waals surface area contributed by atoms with Gasteiger partial charge >= 0.3 is 6.16 Å². The Morgan fingerprint density at radius 3 is 2.87 bits per heavy atom. The molecule has 0 unspecified atom stereocenters. The maximum Gasteiger partial charge on any atom is 0.509 e. The monoisotopic (exact) mass is 268 g/mol. The first-order chi connectivity index (χ1) is 7.16. The van der Waals surface area contributed by atoms with Crippen LogP contribution in [0.5, 0.6) is 0 Å². The first kappa shape index (κ1) is 10.2. The molecule has 0 spiro atoms. The maximum atomic E-state index is 11.0. The molecule has 1 aromatic rings. The fraction of sp³-hybridized carbons (Fsp3) is 0.182. The molecule has 0 amide bonds. The Morgan fingerprint density at radius 1 is 1.53 bits per heavy atom. The average Bonchev–Trinajstić information content (AvgIpc) is 2.61. The van der Waals surface area contributed by atoms with Crippen LogP contribution in [0.15, 0.2) is 41.4 Å². The van der Waals surface area contributed by atoms with Gasteiger partial charge in [0.1, 0.15) is 6.61 Å². The number of halogens is 1. The van der Waals surface area contributed by atoms with E-state index in [1.54, 1.807) is 6.08 Å². The van der Waals surface area contributed by atoms with Crippen LogP contribution in [0, 0.1) is 0 Å². The minimum absolute atomic E-state index is 0.172. The summed E-state index contributed by atoms with van der Waals surface area (Å²) in [5.41, 5.74) is -0.00125. The molecule has 1 aliphatic heterocycles. The number of cyclic esters (lactones) is 2. The number of benzene rings is 1. The number of ether oxygens (including phenoxy) is 2. The SMILES string of the molecule is C=C[C@@]1(c2cccc(Br)c2)COC(=O)O1. The van der Waals surface area contributed by atoms with Crippen molar-refractivity contribution in [3.63, 3.8) is 0 Å². The molecule has 1 fully saturated rings. The minimum Gasteiger partial charge on any atom is -0.429 e. The third-order valence-corrected chi connectivity index (χ3v) is 2.81. The van der Waals surface area contributed by atoms with Crippen LogP contribution in [0.3, 0.4) is 0 Å². The van der Waals surface area contributed by atoms with Gasteiger partial charge < -0.3 is 9.47 Å². The van der Waals surface area contributed by atoms with Crippen molar-refractivity contribution in [2.24, 2.45) is 0 Å². The molecule has 1 aliphatic rings. The highest BCUT2D eigenvalue weighted by molar-refractivity contribution is 9.10. The van der Waals surface area contributed by atoms with E-state index in [1.807, 2.05) is 24.3 Å². The van der Waals surface area contributed by atoms with E-state index in [0.29, 0.717) is 0 Å². The van der Waals surface area contributed by atoms with Crippen LogP contribution in [0.1, 0.15) is 5.56 Å². The fourth-order valence-corrected chi connectivity index (χ4v) is 1.89. The quantitative estimate of drug-likeness (QED) is 0.611. The van der Waals surface area contributed by atoms with Gasteiger partial charge in [0.2, 0.25) is 0 Å². The van der Waals surface area contributed by atoms with Gasteiger partial charge in [-0.15, -0.1) is 0 Å². The van der Waals surface area contributed by atoms with Crippen molar-refractivity contribution in [2.75, 3.05) is 6.61 Å². The normalized spacial score (nSPS) is 24.5. The summed E-state index contributed by atoms with van der Waals surface area (Å²) in [6, 6.07) is 7.52. The van der Waals surface area contributed by atoms with E-state index in [-0.39, 0.29) is 6.61 Å². The van der Waals surface area contributed by atoms with E-state index >= 15 is 0 Å². The van der Waals surface area contributed by atoms with Crippen molar-refractivity contribution in [2.45, 2.75) is 5.60 Å². The molecule has 1 saturated heterocycles. The highest BCUT2D eigenvalue weighted by Gasteiger charge is 2.41. The van der Waals surface area contributed by atoms with Crippen LogP contribution < -0.4 is 0 Å². The van der Waals surface area contributed by atoms with Gasteiger partial charge in [0.15, 0.2) is 5.60 Å². The molecule has 0 aliphatic carbocycles. The molecule has 4 heteroatoms. The van der Waals surface area contributed by atoms with Crippen molar-refractivity contribution in [3.8, 4) is 0 Å². The molecule has 2 rings (SSSR count). The van der Waals surface area contributed by atoms with E-state index in [9.17, 15) is 4.79 Å². The van der Waals surface area contributed by atoms with E-state index in [4.69, 9.17) is 9.47 Å². The summed E-state index contributed by atoms with van der Waals surface area (Å²) in [4.78, 5) is 11.0. The molecule has 1 heterocycles. The zero-order valence-corrected chi connectivity index (χ0v) is 9.49. The van der Waals surface area contributed by atoms with Gasteiger partial charge in [-0.3, -0.25) is 0 Å². The van der Waals surface area contributed by atoms with Gasteiger partial charge in [-0.1, -0.05) is 34.6 Å². The number of carbonyl (C=O) groups is 1. The molecular weight excluding hydrogens is 260 g/mol. The summed E-state index contributed by atoms with van der Waals surface area (Å²) in [6.45, 7) is 3.86. The molecule has 15 heavy (non-hydrogen) atoms. The molecule has 0 radical (unpaired) electrons. The fourth-order valence-electron chi connectivity index (χ4n) is 1.49. The minimum atomic E-state index is -0.846. The number of hydrogen-bond donors (Lipinski definition) is 0.